The van der Waals surface area contributed by atoms with Crippen molar-refractivity contribution in [1.29, 1.82) is 5.26 Å². The van der Waals surface area contributed by atoms with Crippen molar-refractivity contribution in [3.63, 3.8) is 0 Å². The molecular weight excluding hydrogens is 326 g/mol. The molecule has 2 aromatic heterocycles. The zero-order valence-electron chi connectivity index (χ0n) is 15.5. The Morgan fingerprint density at radius 1 is 1.35 bits per heavy atom. The van der Waals surface area contributed by atoms with E-state index in [0.29, 0.717) is 11.5 Å². The summed E-state index contributed by atoms with van der Waals surface area (Å²) in [5.74, 6) is 0.248. The predicted molar refractivity (Wildman–Crippen MR) is 102 cm³/mol. The maximum absolute atomic E-state index is 13.3. The van der Waals surface area contributed by atoms with Crippen LogP contribution in [0.2, 0.25) is 0 Å². The average molecular weight is 349 g/mol. The van der Waals surface area contributed by atoms with Crippen molar-refractivity contribution in [1.82, 2.24) is 14.8 Å². The Labute approximate surface area is 153 Å². The number of nitrogens with zero attached hydrogens (tertiary/aromatic N) is 4. The van der Waals surface area contributed by atoms with Gasteiger partial charge < -0.3 is 9.88 Å². The molecule has 3 aromatic rings. The lowest BCUT2D eigenvalue weighted by molar-refractivity contribution is 0.0975. The van der Waals surface area contributed by atoms with Crippen LogP contribution in [0.4, 0.5) is 5.69 Å². The molecule has 0 aliphatic rings. The Balaban J connectivity index is 2.08. The zero-order valence-corrected chi connectivity index (χ0v) is 15.5. The molecule has 0 saturated carbocycles. The van der Waals surface area contributed by atoms with Crippen LogP contribution in [0, 0.1) is 17.2 Å². The lowest BCUT2D eigenvalue weighted by Gasteiger charge is -2.30. The molecule has 1 atom stereocenters. The molecule has 1 unspecified atom stereocenters. The van der Waals surface area contributed by atoms with Crippen molar-refractivity contribution < 1.29 is 4.79 Å². The number of nitriles is 1. The third kappa shape index (κ3) is 3.21. The number of hydrogen-bond acceptors (Lipinski definition) is 3. The molecule has 1 amide bonds. The summed E-state index contributed by atoms with van der Waals surface area (Å²) in [5.41, 5.74) is 2.46. The van der Waals surface area contributed by atoms with Crippen molar-refractivity contribution in [2.45, 2.75) is 33.2 Å². The molecule has 26 heavy (non-hydrogen) atoms. The van der Waals surface area contributed by atoms with E-state index in [0.717, 1.165) is 23.0 Å². The second kappa shape index (κ2) is 7.04. The first-order valence-electron chi connectivity index (χ1n) is 8.75. The van der Waals surface area contributed by atoms with E-state index < -0.39 is 0 Å². The summed E-state index contributed by atoms with van der Waals surface area (Å²) in [4.78, 5) is 18.3. The SMILES string of the molecule is CC(C)CC(C)N(C(=O)c1cnn(C)c1C#N)c1ccc2[nH]ccc2c1. The molecule has 6 heteroatoms. The van der Waals surface area contributed by atoms with Crippen LogP contribution in [0.25, 0.3) is 10.9 Å². The molecule has 0 saturated heterocycles. The summed E-state index contributed by atoms with van der Waals surface area (Å²) < 4.78 is 1.44. The molecular formula is C20H23N5O. The van der Waals surface area contributed by atoms with Crippen LogP contribution in [-0.4, -0.2) is 26.7 Å². The Hall–Kier alpha value is -3.07. The number of nitrogens with one attached hydrogen (secondary N) is 1. The summed E-state index contributed by atoms with van der Waals surface area (Å²) in [5, 5.41) is 14.5. The molecule has 0 spiro atoms. The maximum atomic E-state index is 13.3. The van der Waals surface area contributed by atoms with Gasteiger partial charge in [0, 0.05) is 35.9 Å². The quantitative estimate of drug-likeness (QED) is 0.760. The van der Waals surface area contributed by atoms with Crippen LogP contribution in [-0.2, 0) is 7.05 Å². The number of fused-ring (bicyclic) bond motifs is 1. The number of benzene rings is 1. The molecule has 1 N–H and O–H groups in total. The van der Waals surface area contributed by atoms with E-state index in [1.54, 1.807) is 11.9 Å². The number of carbonyl (C=O) groups is 1. The Kier molecular flexibility index (Phi) is 4.81. The molecule has 1 aromatic carbocycles. The summed E-state index contributed by atoms with van der Waals surface area (Å²) in [6.45, 7) is 6.32. The van der Waals surface area contributed by atoms with Gasteiger partial charge in [-0.1, -0.05) is 13.8 Å². The fraction of sp³-hybridized carbons (Fsp3) is 0.350. The molecule has 0 aliphatic carbocycles. The first-order valence-corrected chi connectivity index (χ1v) is 8.75. The number of amides is 1. The normalized spacial score (nSPS) is 12.3. The number of aromatic amines is 1. The second-order valence-electron chi connectivity index (χ2n) is 7.05. The van der Waals surface area contributed by atoms with Crippen LogP contribution in [0.1, 0.15) is 43.2 Å². The van der Waals surface area contributed by atoms with Gasteiger partial charge >= 0.3 is 0 Å². The van der Waals surface area contributed by atoms with Gasteiger partial charge in [0.05, 0.1) is 11.8 Å². The highest BCUT2D eigenvalue weighted by molar-refractivity contribution is 6.08. The fourth-order valence-electron chi connectivity index (χ4n) is 3.41. The Morgan fingerprint density at radius 3 is 2.81 bits per heavy atom. The van der Waals surface area contributed by atoms with E-state index in [2.05, 4.69) is 30.0 Å². The van der Waals surface area contributed by atoms with Crippen LogP contribution in [0.15, 0.2) is 36.7 Å². The van der Waals surface area contributed by atoms with Gasteiger partial charge in [-0.2, -0.15) is 10.4 Å². The molecule has 0 bridgehead atoms. The predicted octanol–water partition coefficient (Wildman–Crippen LogP) is 3.85. The van der Waals surface area contributed by atoms with Gasteiger partial charge in [0.25, 0.3) is 5.91 Å². The highest BCUT2D eigenvalue weighted by Gasteiger charge is 2.28. The number of H-pyrrole nitrogens is 1. The number of anilines is 1. The molecule has 6 nitrogen and oxygen atoms in total. The highest BCUT2D eigenvalue weighted by atomic mass is 16.2. The molecule has 2 heterocycles. The molecule has 0 aliphatic heterocycles. The van der Waals surface area contributed by atoms with Gasteiger partial charge in [0.2, 0.25) is 0 Å². The molecule has 134 valence electrons. The average Bonchev–Trinajstić information content (AvgIpc) is 3.19. The van der Waals surface area contributed by atoms with E-state index in [9.17, 15) is 10.1 Å². The minimum absolute atomic E-state index is 0.00867. The van der Waals surface area contributed by atoms with Gasteiger partial charge in [0.15, 0.2) is 5.69 Å². The van der Waals surface area contributed by atoms with Crippen molar-refractivity contribution in [3.8, 4) is 6.07 Å². The van der Waals surface area contributed by atoms with Crippen LogP contribution < -0.4 is 4.90 Å². The van der Waals surface area contributed by atoms with E-state index >= 15 is 0 Å². The van der Waals surface area contributed by atoms with Crippen molar-refractivity contribution in [3.05, 3.63) is 47.9 Å². The monoisotopic (exact) mass is 349 g/mol. The van der Waals surface area contributed by atoms with Crippen molar-refractivity contribution >= 4 is 22.5 Å². The molecule has 0 fully saturated rings. The lowest BCUT2D eigenvalue weighted by Crippen LogP contribution is -2.39. The van der Waals surface area contributed by atoms with Crippen LogP contribution in [0.3, 0.4) is 0 Å². The van der Waals surface area contributed by atoms with E-state index in [1.165, 1.54) is 10.9 Å². The van der Waals surface area contributed by atoms with Gasteiger partial charge in [-0.3, -0.25) is 9.48 Å². The second-order valence-corrected chi connectivity index (χ2v) is 7.05. The molecule has 0 radical (unpaired) electrons. The Bertz CT molecular complexity index is 976. The van der Waals surface area contributed by atoms with Gasteiger partial charge in [-0.25, -0.2) is 0 Å². The third-order valence-corrected chi connectivity index (χ3v) is 4.56. The number of rotatable bonds is 5. The maximum Gasteiger partial charge on any atom is 0.263 e. The smallest absolute Gasteiger partial charge is 0.263 e. The number of aryl methyl sites for hydroxylation is 1. The summed E-state index contributed by atoms with van der Waals surface area (Å²) in [6, 6.07) is 9.98. The number of aromatic nitrogens is 3. The zero-order chi connectivity index (χ0) is 18.8. The first kappa shape index (κ1) is 17.7. The largest absolute Gasteiger partial charge is 0.361 e. The molecule has 3 rings (SSSR count). The van der Waals surface area contributed by atoms with Crippen molar-refractivity contribution in [2.75, 3.05) is 4.90 Å². The number of carbonyl (C=O) groups excluding carboxylic acids is 1. The minimum Gasteiger partial charge on any atom is -0.361 e. The first-order chi connectivity index (χ1) is 12.4. The standard InChI is InChI=1S/C20H23N5O/c1-13(2)9-14(3)25(16-5-6-18-15(10-16)7-8-22-18)20(26)17-12-23-24(4)19(17)11-21/h5-8,10,12-14,22H,9H2,1-4H3. The van der Waals surface area contributed by atoms with Crippen LogP contribution >= 0.6 is 0 Å². The highest BCUT2D eigenvalue weighted by Crippen LogP contribution is 2.27. The third-order valence-electron chi connectivity index (χ3n) is 4.56. The fourth-order valence-corrected chi connectivity index (χ4v) is 3.41. The van der Waals surface area contributed by atoms with Gasteiger partial charge in [0.1, 0.15) is 6.07 Å². The van der Waals surface area contributed by atoms with E-state index in [-0.39, 0.29) is 17.6 Å². The summed E-state index contributed by atoms with van der Waals surface area (Å²) in [7, 11) is 1.67. The van der Waals surface area contributed by atoms with Crippen molar-refractivity contribution in [2.24, 2.45) is 13.0 Å². The number of hydrogen-bond donors (Lipinski definition) is 1. The van der Waals surface area contributed by atoms with Gasteiger partial charge in [-0.15, -0.1) is 0 Å². The Morgan fingerprint density at radius 2 is 2.12 bits per heavy atom. The topological polar surface area (TPSA) is 77.7 Å². The van der Waals surface area contributed by atoms with Gasteiger partial charge in [-0.05, 0) is 43.5 Å². The summed E-state index contributed by atoms with van der Waals surface area (Å²) in [6.07, 6.45) is 4.22. The van der Waals surface area contributed by atoms with E-state index in [4.69, 9.17) is 0 Å². The van der Waals surface area contributed by atoms with Crippen LogP contribution in [0.5, 0.6) is 0 Å². The summed E-state index contributed by atoms with van der Waals surface area (Å²) >= 11 is 0. The lowest BCUT2D eigenvalue weighted by atomic mass is 10.0. The van der Waals surface area contributed by atoms with E-state index in [1.807, 2.05) is 37.4 Å². The minimum atomic E-state index is -0.197.